The zero-order valence-electron chi connectivity index (χ0n) is 17.6. The number of nitriles is 1. The highest BCUT2D eigenvalue weighted by Crippen LogP contribution is 2.25. The standard InChI is InChI=1S/C27H23N3O/c1-19-14-24(15-25(17-28)27(31)29-18-21-8-4-3-5-9-21)20(2)30(19)26-13-12-22-10-6-7-11-23(22)16-26/h3-16H,18H2,1-2H3,(H,29,31)/b25-15-. The fourth-order valence-corrected chi connectivity index (χ4v) is 3.82. The monoisotopic (exact) mass is 405 g/mol. The van der Waals surface area contributed by atoms with E-state index in [4.69, 9.17) is 0 Å². The summed E-state index contributed by atoms with van der Waals surface area (Å²) in [4.78, 5) is 12.6. The molecular weight excluding hydrogens is 382 g/mol. The Hall–Kier alpha value is -4.10. The Morgan fingerprint density at radius 2 is 1.68 bits per heavy atom. The molecule has 4 heteroatoms. The maximum atomic E-state index is 12.6. The molecule has 152 valence electrons. The summed E-state index contributed by atoms with van der Waals surface area (Å²) in [6.45, 7) is 4.42. The van der Waals surface area contributed by atoms with Crippen molar-refractivity contribution in [3.8, 4) is 11.8 Å². The maximum absolute atomic E-state index is 12.6. The van der Waals surface area contributed by atoms with E-state index in [0.29, 0.717) is 6.54 Å². The molecule has 0 saturated carbocycles. The van der Waals surface area contributed by atoms with Crippen LogP contribution in [-0.4, -0.2) is 10.5 Å². The van der Waals surface area contributed by atoms with Crippen molar-refractivity contribution in [2.75, 3.05) is 0 Å². The van der Waals surface area contributed by atoms with Gasteiger partial charge in [0.25, 0.3) is 5.91 Å². The molecule has 0 fully saturated rings. The first kappa shape index (κ1) is 20.2. The second-order valence-electron chi connectivity index (χ2n) is 7.53. The molecule has 1 heterocycles. The first-order chi connectivity index (χ1) is 15.1. The number of nitrogens with zero attached hydrogens (tertiary/aromatic N) is 2. The van der Waals surface area contributed by atoms with Crippen LogP contribution in [0.3, 0.4) is 0 Å². The number of aryl methyl sites for hydroxylation is 1. The van der Waals surface area contributed by atoms with E-state index in [-0.39, 0.29) is 11.5 Å². The van der Waals surface area contributed by atoms with Gasteiger partial charge in [-0.05, 0) is 60.0 Å². The number of hydrogen-bond donors (Lipinski definition) is 1. The van der Waals surface area contributed by atoms with Gasteiger partial charge in [0.1, 0.15) is 11.6 Å². The van der Waals surface area contributed by atoms with Crippen LogP contribution in [0, 0.1) is 25.2 Å². The predicted octanol–water partition coefficient (Wildman–Crippen LogP) is 5.47. The van der Waals surface area contributed by atoms with E-state index < -0.39 is 0 Å². The molecule has 3 aromatic carbocycles. The van der Waals surface area contributed by atoms with Crippen molar-refractivity contribution < 1.29 is 4.79 Å². The van der Waals surface area contributed by atoms with Gasteiger partial charge in [-0.25, -0.2) is 0 Å². The van der Waals surface area contributed by atoms with Crippen molar-refractivity contribution in [1.82, 2.24) is 9.88 Å². The van der Waals surface area contributed by atoms with Crippen LogP contribution >= 0.6 is 0 Å². The van der Waals surface area contributed by atoms with Gasteiger partial charge in [0.2, 0.25) is 0 Å². The van der Waals surface area contributed by atoms with E-state index >= 15 is 0 Å². The first-order valence-corrected chi connectivity index (χ1v) is 10.2. The highest BCUT2D eigenvalue weighted by molar-refractivity contribution is 6.01. The summed E-state index contributed by atoms with van der Waals surface area (Å²) in [6.07, 6.45) is 1.67. The van der Waals surface area contributed by atoms with E-state index in [0.717, 1.165) is 28.2 Å². The van der Waals surface area contributed by atoms with Crippen LogP contribution in [0.25, 0.3) is 22.5 Å². The Kier molecular flexibility index (Phi) is 5.68. The summed E-state index contributed by atoms with van der Waals surface area (Å²) in [7, 11) is 0. The number of fused-ring (bicyclic) bond motifs is 1. The number of nitrogens with one attached hydrogen (secondary N) is 1. The average molecular weight is 406 g/mol. The van der Waals surface area contributed by atoms with E-state index in [2.05, 4.69) is 40.2 Å². The molecule has 0 saturated heterocycles. The molecule has 0 bridgehead atoms. The molecule has 31 heavy (non-hydrogen) atoms. The summed E-state index contributed by atoms with van der Waals surface area (Å²) in [5, 5.41) is 14.8. The summed E-state index contributed by atoms with van der Waals surface area (Å²) < 4.78 is 2.15. The number of hydrogen-bond acceptors (Lipinski definition) is 2. The van der Waals surface area contributed by atoms with Crippen molar-refractivity contribution >= 4 is 22.8 Å². The van der Waals surface area contributed by atoms with Crippen molar-refractivity contribution in [3.05, 3.63) is 107 Å². The number of carbonyl (C=O) groups is 1. The second kappa shape index (κ2) is 8.73. The van der Waals surface area contributed by atoms with Crippen molar-refractivity contribution in [3.63, 3.8) is 0 Å². The van der Waals surface area contributed by atoms with Crippen LogP contribution in [0.4, 0.5) is 0 Å². The quantitative estimate of drug-likeness (QED) is 0.353. The van der Waals surface area contributed by atoms with Gasteiger partial charge in [-0.3, -0.25) is 4.79 Å². The van der Waals surface area contributed by atoms with Crippen molar-refractivity contribution in [2.45, 2.75) is 20.4 Å². The number of aromatic nitrogens is 1. The van der Waals surface area contributed by atoms with Gasteiger partial charge < -0.3 is 9.88 Å². The van der Waals surface area contributed by atoms with Crippen molar-refractivity contribution in [1.29, 1.82) is 5.26 Å². The molecule has 4 rings (SSSR count). The summed E-state index contributed by atoms with van der Waals surface area (Å²) in [5.74, 6) is -0.373. The molecule has 0 radical (unpaired) electrons. The summed E-state index contributed by atoms with van der Waals surface area (Å²) in [6, 6.07) is 28.3. The highest BCUT2D eigenvalue weighted by atomic mass is 16.1. The predicted molar refractivity (Wildman–Crippen MR) is 125 cm³/mol. The van der Waals surface area contributed by atoms with Crippen molar-refractivity contribution in [2.24, 2.45) is 0 Å². The van der Waals surface area contributed by atoms with Crippen LogP contribution < -0.4 is 5.32 Å². The topological polar surface area (TPSA) is 57.8 Å². The number of rotatable bonds is 5. The van der Waals surface area contributed by atoms with Crippen LogP contribution in [0.15, 0.2) is 84.4 Å². The molecule has 1 amide bonds. The minimum absolute atomic E-state index is 0.0923. The normalized spacial score (nSPS) is 11.3. The zero-order valence-corrected chi connectivity index (χ0v) is 17.6. The summed E-state index contributed by atoms with van der Waals surface area (Å²) in [5.41, 5.74) is 5.02. The third-order valence-corrected chi connectivity index (χ3v) is 5.42. The molecule has 4 nitrogen and oxygen atoms in total. The molecule has 0 aliphatic rings. The number of benzene rings is 3. The fourth-order valence-electron chi connectivity index (χ4n) is 3.82. The zero-order chi connectivity index (χ0) is 21.8. The molecule has 0 atom stereocenters. The molecule has 0 aliphatic heterocycles. The smallest absolute Gasteiger partial charge is 0.262 e. The third kappa shape index (κ3) is 4.26. The van der Waals surface area contributed by atoms with E-state index in [1.54, 1.807) is 6.08 Å². The Balaban J connectivity index is 1.62. The lowest BCUT2D eigenvalue weighted by Gasteiger charge is -2.11. The van der Waals surface area contributed by atoms with Gasteiger partial charge in [-0.1, -0.05) is 60.7 Å². The minimum Gasteiger partial charge on any atom is -0.347 e. The van der Waals surface area contributed by atoms with Gasteiger partial charge in [-0.15, -0.1) is 0 Å². The summed E-state index contributed by atoms with van der Waals surface area (Å²) >= 11 is 0. The molecule has 4 aromatic rings. The van der Waals surface area contributed by atoms with Crippen LogP contribution in [0.2, 0.25) is 0 Å². The molecule has 1 N–H and O–H groups in total. The molecule has 0 spiro atoms. The fraction of sp³-hybridized carbons (Fsp3) is 0.111. The average Bonchev–Trinajstić information content (AvgIpc) is 3.08. The molecule has 1 aromatic heterocycles. The first-order valence-electron chi connectivity index (χ1n) is 10.2. The Morgan fingerprint density at radius 1 is 0.968 bits per heavy atom. The SMILES string of the molecule is Cc1cc(/C=C(/C#N)C(=O)NCc2ccccc2)c(C)n1-c1ccc2ccccc2c1. The van der Waals surface area contributed by atoms with Gasteiger partial charge in [0, 0.05) is 23.6 Å². The van der Waals surface area contributed by atoms with Crippen LogP contribution in [0.5, 0.6) is 0 Å². The number of carbonyl (C=O) groups excluding carboxylic acids is 1. The van der Waals surface area contributed by atoms with Crippen LogP contribution in [-0.2, 0) is 11.3 Å². The van der Waals surface area contributed by atoms with E-state index in [1.807, 2.05) is 68.4 Å². The molecular formula is C27H23N3O. The van der Waals surface area contributed by atoms with E-state index in [1.165, 1.54) is 10.8 Å². The molecule has 0 aliphatic carbocycles. The Morgan fingerprint density at radius 3 is 2.42 bits per heavy atom. The van der Waals surface area contributed by atoms with Gasteiger partial charge in [0.15, 0.2) is 0 Å². The highest BCUT2D eigenvalue weighted by Gasteiger charge is 2.14. The van der Waals surface area contributed by atoms with E-state index in [9.17, 15) is 10.1 Å². The maximum Gasteiger partial charge on any atom is 0.262 e. The third-order valence-electron chi connectivity index (χ3n) is 5.42. The lowest BCUT2D eigenvalue weighted by atomic mass is 10.1. The van der Waals surface area contributed by atoms with Gasteiger partial charge in [0.05, 0.1) is 0 Å². The second-order valence-corrected chi connectivity index (χ2v) is 7.53. The van der Waals surface area contributed by atoms with Gasteiger partial charge >= 0.3 is 0 Å². The minimum atomic E-state index is -0.373. The van der Waals surface area contributed by atoms with Gasteiger partial charge in [-0.2, -0.15) is 5.26 Å². The molecule has 0 unspecified atom stereocenters. The largest absolute Gasteiger partial charge is 0.347 e. The lowest BCUT2D eigenvalue weighted by Crippen LogP contribution is -2.23. The Bertz CT molecular complexity index is 1320. The van der Waals surface area contributed by atoms with Crippen LogP contribution in [0.1, 0.15) is 22.5 Å². The number of amides is 1. The lowest BCUT2D eigenvalue weighted by molar-refractivity contribution is -0.117. The Labute approximate surface area is 182 Å².